The lowest BCUT2D eigenvalue weighted by Crippen LogP contribution is -2.43. The molecule has 2 amide bonds. The van der Waals surface area contributed by atoms with Crippen molar-refractivity contribution in [3.63, 3.8) is 0 Å². The van der Waals surface area contributed by atoms with Gasteiger partial charge < -0.3 is 21.5 Å². The molecule has 19 heavy (non-hydrogen) atoms. The molecule has 0 saturated carbocycles. The summed E-state index contributed by atoms with van der Waals surface area (Å²) in [6.45, 7) is 1.93. The van der Waals surface area contributed by atoms with Gasteiger partial charge in [-0.3, -0.25) is 9.59 Å². The fourth-order valence-electron chi connectivity index (χ4n) is 2.17. The van der Waals surface area contributed by atoms with Gasteiger partial charge in [-0.1, -0.05) is 0 Å². The Morgan fingerprint density at radius 3 is 2.47 bits per heavy atom. The molecule has 1 rings (SSSR count). The summed E-state index contributed by atoms with van der Waals surface area (Å²) in [4.78, 5) is 33.2. The second-order valence-corrected chi connectivity index (χ2v) is 4.86. The first-order valence-corrected chi connectivity index (χ1v) is 6.50. The Kier molecular flexibility index (Phi) is 6.27. The highest BCUT2D eigenvalue weighted by Gasteiger charge is 2.22. The topological polar surface area (TPSA) is 122 Å². The van der Waals surface area contributed by atoms with Gasteiger partial charge in [0.25, 0.3) is 0 Å². The van der Waals surface area contributed by atoms with E-state index in [-0.39, 0.29) is 18.7 Å². The summed E-state index contributed by atoms with van der Waals surface area (Å²) in [7, 11) is 0. The van der Waals surface area contributed by atoms with E-state index in [1.807, 2.05) is 0 Å². The van der Waals surface area contributed by atoms with Crippen LogP contribution in [0.3, 0.4) is 0 Å². The molecule has 1 aliphatic rings. The maximum atomic E-state index is 11.6. The van der Waals surface area contributed by atoms with Gasteiger partial charge in [-0.25, -0.2) is 4.79 Å². The molecule has 0 radical (unpaired) electrons. The fourth-order valence-corrected chi connectivity index (χ4v) is 2.17. The van der Waals surface area contributed by atoms with E-state index in [0.717, 1.165) is 32.4 Å². The van der Waals surface area contributed by atoms with Gasteiger partial charge in [-0.2, -0.15) is 0 Å². The Bertz CT molecular complexity index is 340. The van der Waals surface area contributed by atoms with Crippen LogP contribution in [0, 0.1) is 5.92 Å². The van der Waals surface area contributed by atoms with E-state index in [1.54, 1.807) is 0 Å². The molecule has 0 bridgehead atoms. The number of nitrogens with two attached hydrogens (primary N) is 1. The first-order valence-electron chi connectivity index (χ1n) is 6.50. The molecule has 108 valence electrons. The second kappa shape index (κ2) is 7.73. The minimum Gasteiger partial charge on any atom is -0.480 e. The van der Waals surface area contributed by atoms with Crippen molar-refractivity contribution < 1.29 is 19.5 Å². The Morgan fingerprint density at radius 2 is 1.95 bits per heavy atom. The largest absolute Gasteiger partial charge is 0.480 e. The predicted molar refractivity (Wildman–Crippen MR) is 68.2 cm³/mol. The summed E-state index contributed by atoms with van der Waals surface area (Å²) in [5.41, 5.74) is 4.94. The SMILES string of the molecule is NC(=O)C[C@H](NC(=O)CCC1CCNCC1)C(=O)O. The lowest BCUT2D eigenvalue weighted by atomic mass is 9.93. The van der Waals surface area contributed by atoms with Gasteiger partial charge in [0, 0.05) is 6.42 Å². The monoisotopic (exact) mass is 271 g/mol. The number of carbonyl (C=O) groups excluding carboxylic acids is 2. The van der Waals surface area contributed by atoms with Crippen molar-refractivity contribution in [2.24, 2.45) is 11.7 Å². The summed E-state index contributed by atoms with van der Waals surface area (Å²) in [5.74, 6) is -1.82. The minimum atomic E-state index is -1.24. The van der Waals surface area contributed by atoms with Gasteiger partial charge in [0.05, 0.1) is 6.42 Å². The summed E-state index contributed by atoms with van der Waals surface area (Å²) in [5, 5.41) is 14.4. The molecule has 0 aliphatic carbocycles. The van der Waals surface area contributed by atoms with Crippen LogP contribution < -0.4 is 16.4 Å². The van der Waals surface area contributed by atoms with E-state index < -0.39 is 17.9 Å². The van der Waals surface area contributed by atoms with Crippen LogP contribution in [0.4, 0.5) is 0 Å². The van der Waals surface area contributed by atoms with E-state index in [2.05, 4.69) is 10.6 Å². The maximum absolute atomic E-state index is 11.6. The summed E-state index contributed by atoms with van der Waals surface area (Å²) in [6.07, 6.45) is 2.73. The van der Waals surface area contributed by atoms with Crippen LogP contribution in [-0.4, -0.2) is 42.0 Å². The van der Waals surface area contributed by atoms with Crippen LogP contribution in [0.25, 0.3) is 0 Å². The number of carbonyl (C=O) groups is 3. The van der Waals surface area contributed by atoms with E-state index >= 15 is 0 Å². The van der Waals surface area contributed by atoms with Crippen molar-refractivity contribution in [3.8, 4) is 0 Å². The van der Waals surface area contributed by atoms with Gasteiger partial charge in [-0.15, -0.1) is 0 Å². The van der Waals surface area contributed by atoms with Gasteiger partial charge >= 0.3 is 5.97 Å². The molecule has 5 N–H and O–H groups in total. The third-order valence-corrected chi connectivity index (χ3v) is 3.28. The molecule has 0 aromatic rings. The maximum Gasteiger partial charge on any atom is 0.326 e. The van der Waals surface area contributed by atoms with Gasteiger partial charge in [0.1, 0.15) is 6.04 Å². The minimum absolute atomic E-state index is 0.285. The van der Waals surface area contributed by atoms with Crippen LogP contribution >= 0.6 is 0 Å². The molecule has 0 unspecified atom stereocenters. The average molecular weight is 271 g/mol. The lowest BCUT2D eigenvalue weighted by Gasteiger charge is -2.22. The number of hydrogen-bond acceptors (Lipinski definition) is 4. The third-order valence-electron chi connectivity index (χ3n) is 3.28. The van der Waals surface area contributed by atoms with Crippen molar-refractivity contribution >= 4 is 17.8 Å². The summed E-state index contributed by atoms with van der Waals surface area (Å²) in [6, 6.07) is -1.22. The van der Waals surface area contributed by atoms with Crippen LogP contribution in [0.2, 0.25) is 0 Å². The lowest BCUT2D eigenvalue weighted by molar-refractivity contribution is -0.143. The Morgan fingerprint density at radius 1 is 1.32 bits per heavy atom. The molecule has 7 nitrogen and oxygen atoms in total. The van der Waals surface area contributed by atoms with Gasteiger partial charge in [-0.05, 0) is 38.3 Å². The van der Waals surface area contributed by atoms with Crippen LogP contribution in [0.5, 0.6) is 0 Å². The predicted octanol–water partition coefficient (Wildman–Crippen LogP) is -0.789. The second-order valence-electron chi connectivity index (χ2n) is 4.86. The number of piperidine rings is 1. The molecule has 0 spiro atoms. The van der Waals surface area contributed by atoms with Gasteiger partial charge in [0.2, 0.25) is 11.8 Å². The van der Waals surface area contributed by atoms with Crippen LogP contribution in [0.1, 0.15) is 32.1 Å². The van der Waals surface area contributed by atoms with Crippen molar-refractivity contribution in [1.29, 1.82) is 0 Å². The van der Waals surface area contributed by atoms with E-state index in [9.17, 15) is 14.4 Å². The number of amides is 2. The Labute approximate surface area is 111 Å². The zero-order valence-electron chi connectivity index (χ0n) is 10.9. The smallest absolute Gasteiger partial charge is 0.326 e. The quantitative estimate of drug-likeness (QED) is 0.483. The molecular weight excluding hydrogens is 250 g/mol. The third kappa shape index (κ3) is 6.19. The number of primary amides is 1. The van der Waals surface area contributed by atoms with Crippen LogP contribution in [0.15, 0.2) is 0 Å². The average Bonchev–Trinajstić information content (AvgIpc) is 2.36. The van der Waals surface area contributed by atoms with Crippen LogP contribution in [-0.2, 0) is 14.4 Å². The number of carboxylic acid groups (broad SMARTS) is 1. The molecule has 7 heteroatoms. The molecule has 1 saturated heterocycles. The zero-order chi connectivity index (χ0) is 14.3. The number of hydrogen-bond donors (Lipinski definition) is 4. The molecule has 1 atom stereocenters. The van der Waals surface area contributed by atoms with E-state index in [0.29, 0.717) is 5.92 Å². The molecule has 1 fully saturated rings. The number of carboxylic acids is 1. The highest BCUT2D eigenvalue weighted by atomic mass is 16.4. The fraction of sp³-hybridized carbons (Fsp3) is 0.750. The normalized spacial score (nSPS) is 17.7. The standard InChI is InChI=1S/C12H21N3O4/c13-10(16)7-9(12(18)19)15-11(17)2-1-8-3-5-14-6-4-8/h8-9,14H,1-7H2,(H2,13,16)(H,15,17)(H,18,19)/t9-/m0/s1. The summed E-state index contributed by atoms with van der Waals surface area (Å²) >= 11 is 0. The van der Waals surface area contributed by atoms with Gasteiger partial charge in [0.15, 0.2) is 0 Å². The number of aliphatic carboxylic acids is 1. The van der Waals surface area contributed by atoms with Crippen molar-refractivity contribution in [3.05, 3.63) is 0 Å². The Balaban J connectivity index is 2.31. The van der Waals surface area contributed by atoms with Crippen molar-refractivity contribution in [1.82, 2.24) is 10.6 Å². The first kappa shape index (κ1) is 15.4. The highest BCUT2D eigenvalue weighted by Crippen LogP contribution is 2.17. The molecule has 1 aliphatic heterocycles. The van der Waals surface area contributed by atoms with Crippen molar-refractivity contribution in [2.75, 3.05) is 13.1 Å². The number of rotatable bonds is 7. The molecule has 1 heterocycles. The van der Waals surface area contributed by atoms with E-state index in [1.165, 1.54) is 0 Å². The number of nitrogens with one attached hydrogen (secondary N) is 2. The first-order chi connectivity index (χ1) is 8.99. The Hall–Kier alpha value is -1.63. The molecule has 0 aromatic heterocycles. The molecular formula is C12H21N3O4. The molecule has 0 aromatic carbocycles. The van der Waals surface area contributed by atoms with E-state index in [4.69, 9.17) is 10.8 Å². The summed E-state index contributed by atoms with van der Waals surface area (Å²) < 4.78 is 0. The highest BCUT2D eigenvalue weighted by molar-refractivity contribution is 5.88. The zero-order valence-corrected chi connectivity index (χ0v) is 10.9. The van der Waals surface area contributed by atoms with Crippen molar-refractivity contribution in [2.45, 2.75) is 38.1 Å².